The fourth-order valence-corrected chi connectivity index (χ4v) is 3.30. The van der Waals surface area contributed by atoms with Crippen LogP contribution in [-0.2, 0) is 12.0 Å². The van der Waals surface area contributed by atoms with Crippen molar-refractivity contribution in [1.29, 1.82) is 0 Å². The highest BCUT2D eigenvalue weighted by atomic mass is 16.5. The molecule has 0 heterocycles. The summed E-state index contributed by atoms with van der Waals surface area (Å²) >= 11 is 0. The minimum absolute atomic E-state index is 0.537. The van der Waals surface area contributed by atoms with Crippen LogP contribution >= 0.6 is 0 Å². The van der Waals surface area contributed by atoms with Crippen molar-refractivity contribution in [3.63, 3.8) is 0 Å². The topological polar surface area (TPSA) is 64.7 Å². The van der Waals surface area contributed by atoms with E-state index in [0.29, 0.717) is 6.42 Å². The number of rotatable bonds is 7. The van der Waals surface area contributed by atoms with E-state index < -0.39 is 11.6 Å². The predicted molar refractivity (Wildman–Crippen MR) is 107 cm³/mol. The molecule has 0 radical (unpaired) electrons. The van der Waals surface area contributed by atoms with Crippen molar-refractivity contribution in [2.45, 2.75) is 18.1 Å². The summed E-state index contributed by atoms with van der Waals surface area (Å²) in [5.41, 5.74) is 7.74. The van der Waals surface area contributed by atoms with Crippen LogP contribution in [-0.4, -0.2) is 25.4 Å². The highest BCUT2D eigenvalue weighted by Gasteiger charge is 2.38. The molecule has 0 saturated carbocycles. The number of nitrogens with two attached hydrogens (primary N) is 1. The Balaban J connectivity index is 2.03. The van der Waals surface area contributed by atoms with Gasteiger partial charge in [0.2, 0.25) is 0 Å². The van der Waals surface area contributed by atoms with E-state index in [-0.39, 0.29) is 0 Å². The van der Waals surface area contributed by atoms with Crippen molar-refractivity contribution < 1.29 is 14.6 Å². The van der Waals surface area contributed by atoms with Crippen LogP contribution in [0.1, 0.15) is 16.7 Å². The van der Waals surface area contributed by atoms with E-state index in [1.54, 1.807) is 14.2 Å². The first-order valence-electron chi connectivity index (χ1n) is 8.89. The molecule has 1 unspecified atom stereocenters. The molecular formula is C23H25NO3. The Kier molecular flexibility index (Phi) is 5.79. The minimum Gasteiger partial charge on any atom is -0.497 e. The van der Waals surface area contributed by atoms with Gasteiger partial charge in [0.15, 0.2) is 0 Å². The molecule has 0 aliphatic rings. The van der Waals surface area contributed by atoms with Crippen molar-refractivity contribution >= 4 is 0 Å². The van der Waals surface area contributed by atoms with E-state index in [1.807, 2.05) is 78.9 Å². The third-order valence-electron chi connectivity index (χ3n) is 4.90. The van der Waals surface area contributed by atoms with Gasteiger partial charge in [-0.25, -0.2) is 0 Å². The molecule has 3 aromatic carbocycles. The average molecular weight is 363 g/mol. The lowest BCUT2D eigenvalue weighted by molar-refractivity contribution is 0.0516. The summed E-state index contributed by atoms with van der Waals surface area (Å²) in [6.45, 7) is 0. The van der Waals surface area contributed by atoms with E-state index in [2.05, 4.69) is 0 Å². The Morgan fingerprint density at radius 1 is 0.778 bits per heavy atom. The summed E-state index contributed by atoms with van der Waals surface area (Å²) < 4.78 is 10.5. The molecule has 0 aliphatic heterocycles. The number of hydrogen-bond donors (Lipinski definition) is 2. The summed E-state index contributed by atoms with van der Waals surface area (Å²) in [6, 6.07) is 24.2. The Labute approximate surface area is 160 Å². The predicted octanol–water partition coefficient (Wildman–Crippen LogP) is 3.51. The van der Waals surface area contributed by atoms with Crippen LogP contribution in [0.15, 0.2) is 78.9 Å². The highest BCUT2D eigenvalue weighted by molar-refractivity contribution is 5.43. The fraction of sp³-hybridized carbons (Fsp3) is 0.217. The SMILES string of the molecule is COc1ccc(C(O)(c2ccc(OC)cc2)C(N)Cc2ccccc2)cc1. The standard InChI is InChI=1S/C23H25NO3/c1-26-20-12-8-18(9-13-20)23(25,19-10-14-21(27-2)15-11-19)22(24)16-17-6-4-3-5-7-17/h3-15,22,25H,16,24H2,1-2H3. The number of ether oxygens (including phenoxy) is 2. The monoisotopic (exact) mass is 363 g/mol. The van der Waals surface area contributed by atoms with Crippen molar-refractivity contribution in [1.82, 2.24) is 0 Å². The van der Waals surface area contributed by atoms with Gasteiger partial charge >= 0.3 is 0 Å². The largest absolute Gasteiger partial charge is 0.497 e. The van der Waals surface area contributed by atoms with Crippen LogP contribution in [0.4, 0.5) is 0 Å². The van der Waals surface area contributed by atoms with Gasteiger partial charge in [-0.3, -0.25) is 0 Å². The number of benzene rings is 3. The normalized spacial score (nSPS) is 12.4. The molecule has 0 saturated heterocycles. The quantitative estimate of drug-likeness (QED) is 0.674. The van der Waals surface area contributed by atoms with E-state index in [9.17, 15) is 5.11 Å². The Morgan fingerprint density at radius 2 is 1.22 bits per heavy atom. The maximum Gasteiger partial charge on any atom is 0.130 e. The molecule has 0 spiro atoms. The number of aliphatic hydroxyl groups is 1. The van der Waals surface area contributed by atoms with Gasteiger partial charge in [-0.1, -0.05) is 54.6 Å². The molecule has 140 valence electrons. The van der Waals surface area contributed by atoms with Gasteiger partial charge in [0.25, 0.3) is 0 Å². The Morgan fingerprint density at radius 3 is 1.63 bits per heavy atom. The third-order valence-corrected chi connectivity index (χ3v) is 4.90. The summed E-state index contributed by atoms with van der Waals surface area (Å²) in [4.78, 5) is 0. The number of hydrogen-bond acceptors (Lipinski definition) is 4. The molecule has 3 N–H and O–H groups in total. The average Bonchev–Trinajstić information content (AvgIpc) is 2.74. The fourth-order valence-electron chi connectivity index (χ4n) is 3.30. The molecule has 0 fully saturated rings. The van der Waals surface area contributed by atoms with E-state index in [1.165, 1.54) is 0 Å². The van der Waals surface area contributed by atoms with Crippen LogP contribution in [0.2, 0.25) is 0 Å². The first-order chi connectivity index (χ1) is 13.1. The molecular weight excluding hydrogens is 338 g/mol. The third kappa shape index (κ3) is 3.97. The highest BCUT2D eigenvalue weighted by Crippen LogP contribution is 2.35. The second kappa shape index (κ2) is 8.25. The van der Waals surface area contributed by atoms with Crippen LogP contribution in [0.3, 0.4) is 0 Å². The second-order valence-corrected chi connectivity index (χ2v) is 6.52. The van der Waals surface area contributed by atoms with Crippen LogP contribution in [0.25, 0.3) is 0 Å². The van der Waals surface area contributed by atoms with Crippen LogP contribution in [0.5, 0.6) is 11.5 Å². The molecule has 4 heteroatoms. The summed E-state index contributed by atoms with van der Waals surface area (Å²) in [7, 11) is 3.23. The van der Waals surface area contributed by atoms with Gasteiger partial charge in [0.1, 0.15) is 17.1 Å². The lowest BCUT2D eigenvalue weighted by atomic mass is 9.78. The van der Waals surface area contributed by atoms with Gasteiger partial charge in [-0.15, -0.1) is 0 Å². The molecule has 4 nitrogen and oxygen atoms in total. The van der Waals surface area contributed by atoms with Crippen molar-refractivity contribution in [2.24, 2.45) is 5.73 Å². The second-order valence-electron chi connectivity index (χ2n) is 6.52. The van der Waals surface area contributed by atoms with E-state index in [4.69, 9.17) is 15.2 Å². The lowest BCUT2D eigenvalue weighted by Gasteiger charge is -2.35. The van der Waals surface area contributed by atoms with Crippen molar-refractivity contribution in [2.75, 3.05) is 14.2 Å². The van der Waals surface area contributed by atoms with Gasteiger partial charge < -0.3 is 20.3 Å². The Hall–Kier alpha value is -2.82. The summed E-state index contributed by atoms with van der Waals surface area (Å²) in [5, 5.41) is 11.8. The first-order valence-corrected chi connectivity index (χ1v) is 8.89. The zero-order valence-corrected chi connectivity index (χ0v) is 15.6. The lowest BCUT2D eigenvalue weighted by Crippen LogP contribution is -2.47. The van der Waals surface area contributed by atoms with Crippen molar-refractivity contribution in [3.8, 4) is 11.5 Å². The Bertz CT molecular complexity index is 798. The molecule has 0 bridgehead atoms. The molecule has 3 rings (SSSR count). The van der Waals surface area contributed by atoms with Gasteiger partial charge in [-0.05, 0) is 47.4 Å². The zero-order chi connectivity index (χ0) is 19.3. The van der Waals surface area contributed by atoms with E-state index in [0.717, 1.165) is 28.2 Å². The molecule has 1 atom stereocenters. The molecule has 0 aliphatic carbocycles. The maximum absolute atomic E-state index is 11.8. The molecule has 27 heavy (non-hydrogen) atoms. The van der Waals surface area contributed by atoms with Crippen LogP contribution in [0, 0.1) is 0 Å². The van der Waals surface area contributed by atoms with Crippen molar-refractivity contribution in [3.05, 3.63) is 95.6 Å². The molecule has 0 amide bonds. The zero-order valence-electron chi connectivity index (χ0n) is 15.6. The maximum atomic E-state index is 11.8. The van der Waals surface area contributed by atoms with Crippen LogP contribution < -0.4 is 15.2 Å². The molecule has 0 aromatic heterocycles. The minimum atomic E-state index is -1.35. The summed E-state index contributed by atoms with van der Waals surface area (Å²) in [6.07, 6.45) is 0.537. The molecule has 3 aromatic rings. The summed E-state index contributed by atoms with van der Waals surface area (Å²) in [5.74, 6) is 1.46. The van der Waals surface area contributed by atoms with Gasteiger partial charge in [-0.2, -0.15) is 0 Å². The van der Waals surface area contributed by atoms with Gasteiger partial charge in [0, 0.05) is 6.04 Å². The number of methoxy groups -OCH3 is 2. The van der Waals surface area contributed by atoms with E-state index >= 15 is 0 Å². The first kappa shape index (κ1) is 19.0. The smallest absolute Gasteiger partial charge is 0.130 e. The van der Waals surface area contributed by atoms with Gasteiger partial charge in [0.05, 0.1) is 14.2 Å².